The first kappa shape index (κ1) is 51.6. The molecule has 1 atom stereocenters. The van der Waals surface area contributed by atoms with Crippen LogP contribution in [-0.2, 0) is 23.9 Å². The van der Waals surface area contributed by atoms with Gasteiger partial charge in [0, 0.05) is 38.2 Å². The van der Waals surface area contributed by atoms with Crippen molar-refractivity contribution in [3.05, 3.63) is 35.9 Å². The van der Waals surface area contributed by atoms with Crippen molar-refractivity contribution in [2.75, 3.05) is 26.2 Å². The van der Waals surface area contributed by atoms with Crippen LogP contribution in [0.2, 0.25) is 0 Å². The topological polar surface area (TPSA) is 142 Å². The maximum absolute atomic E-state index is 13.8. The molecular weight excluding hydrogens is 606 g/mol. The third-order valence-corrected chi connectivity index (χ3v) is 5.80. The van der Waals surface area contributed by atoms with Crippen LogP contribution in [0.25, 0.3) is 0 Å². The molecule has 1 aliphatic rings. The second kappa shape index (κ2) is 26.3. The van der Waals surface area contributed by atoms with E-state index in [1.165, 1.54) is 17.0 Å². The second-order valence-electron chi connectivity index (χ2n) is 9.03. The molecule has 1 fully saturated rings. The molecule has 43 heavy (non-hydrogen) atoms. The number of imide groups is 1. The number of nitrogens with one attached hydrogen (secondary N) is 2. The summed E-state index contributed by atoms with van der Waals surface area (Å²) in [5.74, 6) is -3.72. The van der Waals surface area contributed by atoms with Crippen molar-refractivity contribution in [2.45, 2.75) is 64.5 Å². The molecule has 2 N–H and O–H groups in total. The van der Waals surface area contributed by atoms with Gasteiger partial charge in [0.2, 0.25) is 11.4 Å². The Morgan fingerprint density at radius 3 is 2.00 bits per heavy atom. The zero-order chi connectivity index (χ0) is 27.4. The van der Waals surface area contributed by atoms with E-state index in [-0.39, 0.29) is 128 Å². The van der Waals surface area contributed by atoms with Gasteiger partial charge in [0.1, 0.15) is 6.29 Å². The average molecular weight is 643 g/mol. The number of urea groups is 1. The van der Waals surface area contributed by atoms with E-state index < -0.39 is 47.8 Å². The molecule has 226 valence electrons. The van der Waals surface area contributed by atoms with Gasteiger partial charge in [-0.1, -0.05) is 25.1 Å². The van der Waals surface area contributed by atoms with E-state index in [1.807, 2.05) is 0 Å². The summed E-state index contributed by atoms with van der Waals surface area (Å²) in [5.41, 5.74) is -2.61. The van der Waals surface area contributed by atoms with Gasteiger partial charge in [-0.25, -0.2) is 14.5 Å². The van der Waals surface area contributed by atoms with Crippen molar-refractivity contribution in [3.63, 3.8) is 0 Å². The van der Waals surface area contributed by atoms with Gasteiger partial charge in [0.05, 0.1) is 12.5 Å². The van der Waals surface area contributed by atoms with E-state index in [0.717, 1.165) is 12.8 Å². The van der Waals surface area contributed by atoms with Crippen LogP contribution in [0.5, 0.6) is 0 Å². The smallest absolute Gasteiger partial charge is 1.00 e. The fourth-order valence-electron chi connectivity index (χ4n) is 3.98. The van der Waals surface area contributed by atoms with Gasteiger partial charge in [-0.3, -0.25) is 14.4 Å². The molecule has 1 aliphatic heterocycles. The second-order valence-corrected chi connectivity index (χ2v) is 9.03. The Bertz CT molecular complexity index is 1010. The first-order valence-electron chi connectivity index (χ1n) is 12.6. The quantitative estimate of drug-likeness (QED) is 0.0759. The van der Waals surface area contributed by atoms with Crippen LogP contribution >= 0.6 is 0 Å². The first-order valence-corrected chi connectivity index (χ1v) is 12.6. The van der Waals surface area contributed by atoms with Gasteiger partial charge in [0.15, 0.2) is 0 Å². The number of benzene rings is 1. The van der Waals surface area contributed by atoms with E-state index in [1.54, 1.807) is 39.0 Å². The van der Waals surface area contributed by atoms with Gasteiger partial charge in [-0.15, -0.1) is 0 Å². The number of hydrogen-bond acceptors (Lipinski definition) is 7. The predicted octanol–water partition coefficient (Wildman–Crippen LogP) is -16.3. The molecule has 1 unspecified atom stereocenters. The molecule has 1 aromatic rings. The molecule has 1 saturated heterocycles. The number of carbonyl (C=O) groups is 6. The average Bonchev–Trinajstić information content (AvgIpc) is 3.42. The third-order valence-electron chi connectivity index (χ3n) is 5.80. The molecule has 0 bridgehead atoms. The van der Waals surface area contributed by atoms with Crippen LogP contribution in [-0.4, -0.2) is 83.6 Å². The SMILES string of the molecule is CCCNC(=O)C(CC(=O)N1CCCC1)(C(=O)OC(C)C)N(C(=O)NCCC=O)C(=O)c1ccccc1.[F-].[F-].[F-].[Na+].[Na+].[Na+]. The first-order chi connectivity index (χ1) is 17.7. The van der Waals surface area contributed by atoms with E-state index in [9.17, 15) is 28.8 Å². The fourth-order valence-corrected chi connectivity index (χ4v) is 3.98. The monoisotopic (exact) mass is 642 g/mol. The Labute approximate surface area is 316 Å². The number of halogens is 3. The molecule has 1 aromatic carbocycles. The number of hydrogen-bond donors (Lipinski definition) is 2. The van der Waals surface area contributed by atoms with Crippen LogP contribution in [0.3, 0.4) is 0 Å². The molecule has 0 saturated carbocycles. The zero-order valence-electron chi connectivity index (χ0n) is 25.8. The third kappa shape index (κ3) is 14.3. The van der Waals surface area contributed by atoms with E-state index in [0.29, 0.717) is 30.7 Å². The summed E-state index contributed by atoms with van der Waals surface area (Å²) < 4.78 is 5.42. The summed E-state index contributed by atoms with van der Waals surface area (Å²) in [6.45, 7) is 5.76. The van der Waals surface area contributed by atoms with Crippen LogP contribution in [0.1, 0.15) is 63.2 Å². The van der Waals surface area contributed by atoms with E-state index in [2.05, 4.69) is 10.6 Å². The van der Waals surface area contributed by atoms with Crippen molar-refractivity contribution in [1.82, 2.24) is 20.4 Å². The number of aldehydes is 1. The van der Waals surface area contributed by atoms with Crippen molar-refractivity contribution in [2.24, 2.45) is 0 Å². The molecule has 0 spiro atoms. The van der Waals surface area contributed by atoms with Crippen molar-refractivity contribution < 1.29 is 136 Å². The van der Waals surface area contributed by atoms with E-state index in [4.69, 9.17) is 4.74 Å². The van der Waals surface area contributed by atoms with E-state index >= 15 is 0 Å². The Hall–Kier alpha value is -0.970. The number of likely N-dealkylation sites (tertiary alicyclic amines) is 1. The molecule has 2 rings (SSSR count). The fraction of sp³-hybridized carbons (Fsp3) is 0.538. The normalized spacial score (nSPS) is 12.4. The maximum atomic E-state index is 13.8. The number of carbonyl (C=O) groups excluding carboxylic acids is 6. The number of ether oxygens (including phenoxy) is 1. The van der Waals surface area contributed by atoms with Crippen LogP contribution in [0, 0.1) is 0 Å². The van der Waals surface area contributed by atoms with Gasteiger partial charge in [0.25, 0.3) is 11.8 Å². The maximum Gasteiger partial charge on any atom is 1.00 e. The van der Waals surface area contributed by atoms with Crippen molar-refractivity contribution in [3.8, 4) is 0 Å². The van der Waals surface area contributed by atoms with Gasteiger partial charge >= 0.3 is 101 Å². The van der Waals surface area contributed by atoms with Crippen LogP contribution < -0.4 is 113 Å². The summed E-state index contributed by atoms with van der Waals surface area (Å²) in [6, 6.07) is 6.55. The Kier molecular flexibility index (Phi) is 31.5. The number of amides is 5. The summed E-state index contributed by atoms with van der Waals surface area (Å²) in [6.07, 6.45) is 1.05. The molecule has 11 nitrogen and oxygen atoms in total. The zero-order valence-corrected chi connectivity index (χ0v) is 31.8. The number of rotatable bonds is 12. The predicted molar refractivity (Wildman–Crippen MR) is 134 cm³/mol. The number of esters is 1. The molecule has 1 heterocycles. The largest absolute Gasteiger partial charge is 1.00 e. The molecule has 0 aliphatic carbocycles. The summed E-state index contributed by atoms with van der Waals surface area (Å²) >= 11 is 0. The van der Waals surface area contributed by atoms with Crippen molar-refractivity contribution in [1.29, 1.82) is 0 Å². The van der Waals surface area contributed by atoms with Gasteiger partial charge in [-0.2, -0.15) is 0 Å². The molecule has 0 radical (unpaired) electrons. The molecule has 0 aromatic heterocycles. The van der Waals surface area contributed by atoms with Crippen LogP contribution in [0.4, 0.5) is 4.79 Å². The minimum Gasteiger partial charge on any atom is -1.00 e. The molecule has 17 heteroatoms. The van der Waals surface area contributed by atoms with Crippen molar-refractivity contribution >= 4 is 36.0 Å². The minimum absolute atomic E-state index is 0. The minimum atomic E-state index is -2.63. The summed E-state index contributed by atoms with van der Waals surface area (Å²) in [7, 11) is 0. The Morgan fingerprint density at radius 1 is 0.953 bits per heavy atom. The summed E-state index contributed by atoms with van der Waals surface area (Å²) in [5, 5.41) is 5.02. The Morgan fingerprint density at radius 2 is 1.51 bits per heavy atom. The van der Waals surface area contributed by atoms with Gasteiger partial charge < -0.3 is 39.2 Å². The molecule has 5 amide bonds. The van der Waals surface area contributed by atoms with Gasteiger partial charge in [-0.05, 0) is 45.2 Å². The Balaban J connectivity index is -0.000000802. The number of nitrogens with zero attached hydrogens (tertiary/aromatic N) is 2. The molecular formula is C26H36F3N4Na3O7. The van der Waals surface area contributed by atoms with Crippen LogP contribution in [0.15, 0.2) is 30.3 Å². The standard InChI is InChI=1S/C26H36N4O7.3FH.3Na/c1-4-13-27-23(34)26(24(35)37-19(2)3,18-21(32)29-15-8-9-16-29)30(25(36)28-14-10-17-31)22(33)20-11-6-5-7-12-20;;;;;;/h5-7,11-12,17,19H,4,8-10,13-16,18H2,1-3H3,(H,27,34)(H,28,36);3*1H;;;/q;;;;3*+1/p-3. The summed E-state index contributed by atoms with van der Waals surface area (Å²) in [4.78, 5) is 81.1.